The van der Waals surface area contributed by atoms with Crippen molar-refractivity contribution < 1.29 is 14.3 Å². The van der Waals surface area contributed by atoms with Crippen molar-refractivity contribution >= 4 is 49.8 Å². The Kier molecular flexibility index (Phi) is 4.00. The SMILES string of the molecule is COC(=O)c1sc2ccc3nc(C)ccc3c2c1NCC(C)=O. The molecule has 23 heavy (non-hydrogen) atoms. The molecule has 3 rings (SSSR count). The summed E-state index contributed by atoms with van der Waals surface area (Å²) in [5.41, 5.74) is 2.43. The summed E-state index contributed by atoms with van der Waals surface area (Å²) in [4.78, 5) is 28.4. The van der Waals surface area contributed by atoms with Crippen LogP contribution in [0.4, 0.5) is 5.69 Å². The fourth-order valence-corrected chi connectivity index (χ4v) is 3.63. The van der Waals surface area contributed by atoms with Crippen LogP contribution in [0.15, 0.2) is 24.3 Å². The lowest BCUT2D eigenvalue weighted by Crippen LogP contribution is -2.12. The summed E-state index contributed by atoms with van der Waals surface area (Å²) >= 11 is 1.35. The molecule has 118 valence electrons. The summed E-state index contributed by atoms with van der Waals surface area (Å²) in [7, 11) is 1.35. The molecule has 0 aliphatic rings. The van der Waals surface area contributed by atoms with Gasteiger partial charge in [-0.3, -0.25) is 9.78 Å². The minimum atomic E-state index is -0.412. The van der Waals surface area contributed by atoms with Crippen molar-refractivity contribution in [2.45, 2.75) is 13.8 Å². The number of nitrogens with one attached hydrogen (secondary N) is 1. The molecular formula is C17H16N2O3S. The van der Waals surface area contributed by atoms with Gasteiger partial charge in [0.25, 0.3) is 0 Å². The molecule has 0 aliphatic heterocycles. The smallest absolute Gasteiger partial charge is 0.350 e. The van der Waals surface area contributed by atoms with E-state index >= 15 is 0 Å². The maximum Gasteiger partial charge on any atom is 0.350 e. The number of aryl methyl sites for hydroxylation is 1. The summed E-state index contributed by atoms with van der Waals surface area (Å²) in [6, 6.07) is 7.82. The Labute approximate surface area is 137 Å². The number of Topliss-reactive ketones (excluding diaryl/α,β-unsaturated/α-hetero) is 1. The minimum absolute atomic E-state index is 0.00521. The van der Waals surface area contributed by atoms with Gasteiger partial charge < -0.3 is 10.1 Å². The molecule has 0 amide bonds. The monoisotopic (exact) mass is 328 g/mol. The summed E-state index contributed by atoms with van der Waals surface area (Å²) in [6.07, 6.45) is 0. The first-order valence-electron chi connectivity index (χ1n) is 7.15. The fraction of sp³-hybridized carbons (Fsp3) is 0.235. The van der Waals surface area contributed by atoms with Gasteiger partial charge in [-0.2, -0.15) is 0 Å². The fourth-order valence-electron chi connectivity index (χ4n) is 2.52. The molecule has 1 aromatic carbocycles. The van der Waals surface area contributed by atoms with Crippen LogP contribution < -0.4 is 5.32 Å². The molecule has 0 fully saturated rings. The van der Waals surface area contributed by atoms with Gasteiger partial charge in [-0.15, -0.1) is 11.3 Å². The number of ether oxygens (including phenoxy) is 1. The van der Waals surface area contributed by atoms with E-state index in [2.05, 4.69) is 10.3 Å². The van der Waals surface area contributed by atoms with Gasteiger partial charge in [-0.25, -0.2) is 4.79 Å². The molecule has 0 saturated carbocycles. The molecule has 1 N–H and O–H groups in total. The lowest BCUT2D eigenvalue weighted by Gasteiger charge is -2.07. The number of methoxy groups -OCH3 is 1. The van der Waals surface area contributed by atoms with Crippen LogP contribution in [0, 0.1) is 6.92 Å². The maximum absolute atomic E-state index is 12.1. The Morgan fingerprint density at radius 3 is 2.74 bits per heavy atom. The Morgan fingerprint density at radius 1 is 1.26 bits per heavy atom. The normalized spacial score (nSPS) is 10.9. The molecule has 0 spiro atoms. The number of esters is 1. The largest absolute Gasteiger partial charge is 0.465 e. The molecule has 5 nitrogen and oxygen atoms in total. The Morgan fingerprint density at radius 2 is 2.04 bits per heavy atom. The molecule has 0 unspecified atom stereocenters. The van der Waals surface area contributed by atoms with Crippen molar-refractivity contribution in [1.29, 1.82) is 0 Å². The second kappa shape index (κ2) is 5.96. The number of rotatable bonds is 4. The van der Waals surface area contributed by atoms with Crippen LogP contribution >= 0.6 is 11.3 Å². The van der Waals surface area contributed by atoms with Crippen molar-refractivity contribution in [1.82, 2.24) is 4.98 Å². The lowest BCUT2D eigenvalue weighted by atomic mass is 10.1. The Balaban J connectivity index is 2.31. The minimum Gasteiger partial charge on any atom is -0.465 e. The van der Waals surface area contributed by atoms with Gasteiger partial charge in [0.05, 0.1) is 24.9 Å². The molecule has 0 radical (unpaired) electrons. The van der Waals surface area contributed by atoms with Crippen molar-refractivity contribution in [2.24, 2.45) is 0 Å². The molecule has 2 heterocycles. The average Bonchev–Trinajstić information content (AvgIpc) is 2.90. The van der Waals surface area contributed by atoms with Crippen LogP contribution in [-0.2, 0) is 9.53 Å². The standard InChI is InChI=1S/C17H16N2O3S/c1-9-4-5-11-12(19-9)6-7-13-14(11)15(18-8-10(2)20)16(23-13)17(21)22-3/h4-7,18H,8H2,1-3H3. The van der Waals surface area contributed by atoms with E-state index in [4.69, 9.17) is 4.74 Å². The number of carbonyl (C=O) groups excluding carboxylic acids is 2. The van der Waals surface area contributed by atoms with Crippen LogP contribution in [0.3, 0.4) is 0 Å². The van der Waals surface area contributed by atoms with E-state index in [1.54, 1.807) is 0 Å². The second-order valence-corrected chi connectivity index (χ2v) is 6.36. The van der Waals surface area contributed by atoms with Gasteiger partial charge in [0.2, 0.25) is 0 Å². The number of anilines is 1. The number of carbonyl (C=O) groups is 2. The maximum atomic E-state index is 12.1. The predicted octanol–water partition coefficient (Wildman–Crippen LogP) is 3.55. The number of aromatic nitrogens is 1. The third-order valence-electron chi connectivity index (χ3n) is 3.55. The zero-order valence-electron chi connectivity index (χ0n) is 13.1. The van der Waals surface area contributed by atoms with Crippen molar-refractivity contribution in [2.75, 3.05) is 19.0 Å². The Hall–Kier alpha value is -2.47. The van der Waals surface area contributed by atoms with E-state index in [9.17, 15) is 9.59 Å². The average molecular weight is 328 g/mol. The molecule has 6 heteroatoms. The topological polar surface area (TPSA) is 68.3 Å². The van der Waals surface area contributed by atoms with E-state index in [1.165, 1.54) is 25.4 Å². The van der Waals surface area contributed by atoms with Crippen LogP contribution in [-0.4, -0.2) is 30.4 Å². The number of fused-ring (bicyclic) bond motifs is 3. The van der Waals surface area contributed by atoms with Gasteiger partial charge >= 0.3 is 5.97 Å². The third kappa shape index (κ3) is 2.77. The van der Waals surface area contributed by atoms with E-state index in [1.807, 2.05) is 31.2 Å². The molecule has 2 aromatic heterocycles. The third-order valence-corrected chi connectivity index (χ3v) is 4.68. The molecule has 0 aliphatic carbocycles. The van der Waals surface area contributed by atoms with Crippen molar-refractivity contribution in [3.8, 4) is 0 Å². The van der Waals surface area contributed by atoms with Gasteiger partial charge in [-0.05, 0) is 32.0 Å². The highest BCUT2D eigenvalue weighted by molar-refractivity contribution is 7.21. The number of benzene rings is 1. The van der Waals surface area contributed by atoms with E-state index in [0.29, 0.717) is 10.6 Å². The van der Waals surface area contributed by atoms with Crippen LogP contribution in [0.25, 0.3) is 21.0 Å². The number of thiophene rings is 1. The Bertz CT molecular complexity index is 930. The first-order chi connectivity index (χ1) is 11.0. The highest BCUT2D eigenvalue weighted by Crippen LogP contribution is 2.40. The van der Waals surface area contributed by atoms with E-state index in [-0.39, 0.29) is 12.3 Å². The number of hydrogen-bond acceptors (Lipinski definition) is 6. The summed E-state index contributed by atoms with van der Waals surface area (Å²) in [5, 5.41) is 4.94. The highest BCUT2D eigenvalue weighted by Gasteiger charge is 2.21. The molecular weight excluding hydrogens is 312 g/mol. The van der Waals surface area contributed by atoms with Gasteiger partial charge in [-0.1, -0.05) is 6.07 Å². The predicted molar refractivity (Wildman–Crippen MR) is 92.4 cm³/mol. The van der Waals surface area contributed by atoms with Crippen molar-refractivity contribution in [3.63, 3.8) is 0 Å². The molecule has 3 aromatic rings. The molecule has 0 saturated heterocycles. The van der Waals surface area contributed by atoms with Gasteiger partial charge in [0.1, 0.15) is 10.7 Å². The zero-order chi connectivity index (χ0) is 16.6. The second-order valence-electron chi connectivity index (χ2n) is 5.31. The quantitative estimate of drug-likeness (QED) is 0.742. The first-order valence-corrected chi connectivity index (χ1v) is 7.97. The van der Waals surface area contributed by atoms with Crippen LogP contribution in [0.1, 0.15) is 22.3 Å². The highest BCUT2D eigenvalue weighted by atomic mass is 32.1. The summed E-state index contributed by atoms with van der Waals surface area (Å²) < 4.78 is 5.83. The van der Waals surface area contributed by atoms with E-state index in [0.717, 1.165) is 26.7 Å². The summed E-state index contributed by atoms with van der Waals surface area (Å²) in [6.45, 7) is 3.60. The van der Waals surface area contributed by atoms with Crippen LogP contribution in [0.5, 0.6) is 0 Å². The van der Waals surface area contributed by atoms with Gasteiger partial charge in [0.15, 0.2) is 0 Å². The molecule has 0 bridgehead atoms. The number of hydrogen-bond donors (Lipinski definition) is 1. The van der Waals surface area contributed by atoms with Crippen LogP contribution in [0.2, 0.25) is 0 Å². The first kappa shape index (κ1) is 15.4. The summed E-state index contributed by atoms with van der Waals surface area (Å²) in [5.74, 6) is -0.417. The van der Waals surface area contributed by atoms with Gasteiger partial charge in [0, 0.05) is 21.2 Å². The number of pyridine rings is 1. The molecule has 0 atom stereocenters. The zero-order valence-corrected chi connectivity index (χ0v) is 13.9. The van der Waals surface area contributed by atoms with E-state index < -0.39 is 5.97 Å². The number of nitrogens with zero attached hydrogens (tertiary/aromatic N) is 1. The number of ketones is 1. The lowest BCUT2D eigenvalue weighted by molar-refractivity contribution is -0.115. The van der Waals surface area contributed by atoms with Crippen molar-refractivity contribution in [3.05, 3.63) is 34.8 Å².